The number of aliphatic hydroxyl groups is 1. The lowest BCUT2D eigenvalue weighted by molar-refractivity contribution is 0.0310. The third-order valence-electron chi connectivity index (χ3n) is 4.80. The largest absolute Gasteiger partial charge is 0.496 e. The smallest absolute Gasteiger partial charge is 0.123 e. The molecule has 1 aromatic rings. The van der Waals surface area contributed by atoms with E-state index in [4.69, 9.17) is 10.5 Å². The summed E-state index contributed by atoms with van der Waals surface area (Å²) in [6, 6.07) is 7.41. The van der Waals surface area contributed by atoms with Crippen molar-refractivity contribution in [1.82, 2.24) is 4.90 Å². The first-order chi connectivity index (χ1) is 9.71. The quantitative estimate of drug-likeness (QED) is 0.878. The molecule has 2 bridgehead atoms. The summed E-state index contributed by atoms with van der Waals surface area (Å²) >= 11 is 0. The maximum Gasteiger partial charge on any atom is 0.123 e. The fourth-order valence-electron chi connectivity index (χ4n) is 3.77. The second-order valence-corrected chi connectivity index (χ2v) is 6.03. The Hall–Kier alpha value is -1.10. The van der Waals surface area contributed by atoms with Gasteiger partial charge in [0.25, 0.3) is 0 Å². The van der Waals surface area contributed by atoms with Gasteiger partial charge in [-0.05, 0) is 37.3 Å². The molecule has 3 N–H and O–H groups in total. The Bertz CT molecular complexity index is 464. The average molecular weight is 276 g/mol. The van der Waals surface area contributed by atoms with Gasteiger partial charge in [0.15, 0.2) is 0 Å². The molecule has 3 rings (SSSR count). The minimum Gasteiger partial charge on any atom is -0.496 e. The van der Waals surface area contributed by atoms with Crippen LogP contribution in [0.15, 0.2) is 18.2 Å². The number of rotatable bonds is 4. The van der Waals surface area contributed by atoms with Crippen molar-refractivity contribution in [2.24, 2.45) is 5.73 Å². The van der Waals surface area contributed by atoms with E-state index in [-0.39, 0.29) is 6.10 Å². The van der Waals surface area contributed by atoms with Crippen LogP contribution >= 0.6 is 0 Å². The molecule has 2 heterocycles. The average Bonchev–Trinajstić information content (AvgIpc) is 2.70. The zero-order valence-electron chi connectivity index (χ0n) is 12.1. The molecule has 110 valence electrons. The number of hydrogen-bond acceptors (Lipinski definition) is 4. The van der Waals surface area contributed by atoms with E-state index in [2.05, 4.69) is 23.1 Å². The molecule has 4 nitrogen and oxygen atoms in total. The summed E-state index contributed by atoms with van der Waals surface area (Å²) in [5.41, 5.74) is 8.03. The Morgan fingerprint density at radius 1 is 1.30 bits per heavy atom. The first-order valence-electron chi connectivity index (χ1n) is 7.51. The van der Waals surface area contributed by atoms with E-state index in [1.165, 1.54) is 18.4 Å². The number of nitrogens with zero attached hydrogens (tertiary/aromatic N) is 1. The van der Waals surface area contributed by atoms with E-state index in [1.54, 1.807) is 7.11 Å². The van der Waals surface area contributed by atoms with Gasteiger partial charge in [-0.25, -0.2) is 0 Å². The first-order valence-corrected chi connectivity index (χ1v) is 7.51. The van der Waals surface area contributed by atoms with E-state index in [1.807, 2.05) is 0 Å². The van der Waals surface area contributed by atoms with Crippen molar-refractivity contribution in [2.75, 3.05) is 7.11 Å². The predicted octanol–water partition coefficient (Wildman–Crippen LogP) is 1.64. The molecule has 0 aliphatic carbocycles. The van der Waals surface area contributed by atoms with Crippen LogP contribution in [0.3, 0.4) is 0 Å². The van der Waals surface area contributed by atoms with Crippen LogP contribution in [0.1, 0.15) is 36.8 Å². The summed E-state index contributed by atoms with van der Waals surface area (Å²) in [5, 5.41) is 9.86. The summed E-state index contributed by atoms with van der Waals surface area (Å²) in [5.74, 6) is 0.884. The Kier molecular flexibility index (Phi) is 3.96. The highest BCUT2D eigenvalue weighted by Crippen LogP contribution is 2.37. The highest BCUT2D eigenvalue weighted by molar-refractivity contribution is 5.37. The fraction of sp³-hybridized carbons (Fsp3) is 0.625. The summed E-state index contributed by atoms with van der Waals surface area (Å²) in [6.45, 7) is 1.45. The van der Waals surface area contributed by atoms with Crippen LogP contribution in [0.2, 0.25) is 0 Å². The van der Waals surface area contributed by atoms with Gasteiger partial charge in [0.05, 0.1) is 13.2 Å². The maximum atomic E-state index is 9.86. The Balaban J connectivity index is 1.75. The van der Waals surface area contributed by atoms with E-state index in [9.17, 15) is 5.11 Å². The van der Waals surface area contributed by atoms with Gasteiger partial charge < -0.3 is 15.6 Å². The number of benzene rings is 1. The Morgan fingerprint density at radius 2 is 2.00 bits per heavy atom. The van der Waals surface area contributed by atoms with Gasteiger partial charge in [0, 0.05) is 30.7 Å². The molecule has 2 aliphatic heterocycles. The lowest BCUT2D eigenvalue weighted by Gasteiger charge is -2.37. The normalized spacial score (nSPS) is 29.6. The third-order valence-corrected chi connectivity index (χ3v) is 4.80. The van der Waals surface area contributed by atoms with E-state index < -0.39 is 0 Å². The zero-order valence-corrected chi connectivity index (χ0v) is 12.1. The van der Waals surface area contributed by atoms with Gasteiger partial charge in [-0.3, -0.25) is 4.90 Å². The molecule has 2 aliphatic rings. The molecule has 20 heavy (non-hydrogen) atoms. The van der Waals surface area contributed by atoms with Gasteiger partial charge >= 0.3 is 0 Å². The van der Waals surface area contributed by atoms with Gasteiger partial charge in [0.1, 0.15) is 5.75 Å². The molecular formula is C16H24N2O2. The maximum absolute atomic E-state index is 9.86. The van der Waals surface area contributed by atoms with Crippen LogP contribution in [0, 0.1) is 0 Å². The molecule has 0 saturated carbocycles. The van der Waals surface area contributed by atoms with Crippen LogP contribution in [0.5, 0.6) is 5.75 Å². The zero-order chi connectivity index (χ0) is 14.1. The Morgan fingerprint density at radius 3 is 2.60 bits per heavy atom. The molecule has 0 radical (unpaired) electrons. The van der Waals surface area contributed by atoms with Gasteiger partial charge in [0.2, 0.25) is 0 Å². The first kappa shape index (κ1) is 13.9. The van der Waals surface area contributed by atoms with E-state index in [0.29, 0.717) is 18.6 Å². The van der Waals surface area contributed by atoms with Crippen molar-refractivity contribution in [3.63, 3.8) is 0 Å². The van der Waals surface area contributed by atoms with Crippen LogP contribution in [0.4, 0.5) is 0 Å². The summed E-state index contributed by atoms with van der Waals surface area (Å²) in [6.07, 6.45) is 4.20. The number of nitrogens with two attached hydrogens (primary N) is 1. The van der Waals surface area contributed by atoms with E-state index >= 15 is 0 Å². The molecule has 2 atom stereocenters. The standard InChI is InChI=1S/C16H24N2O2/c1-20-16-6-11(2-3-12(16)9-17)10-18-13-4-5-14(18)8-15(19)7-13/h2-3,6,13-15,19H,4-5,7-10,17H2,1H3. The van der Waals surface area contributed by atoms with Gasteiger partial charge in [-0.2, -0.15) is 0 Å². The number of piperidine rings is 1. The molecular weight excluding hydrogens is 252 g/mol. The van der Waals surface area contributed by atoms with Crippen LogP contribution in [-0.4, -0.2) is 35.3 Å². The summed E-state index contributed by atoms with van der Waals surface area (Å²) in [7, 11) is 1.69. The lowest BCUT2D eigenvalue weighted by atomic mass is 9.99. The SMILES string of the molecule is COc1cc(CN2C3CCC2CC(O)C3)ccc1CN. The highest BCUT2D eigenvalue weighted by atomic mass is 16.5. The second kappa shape index (κ2) is 5.72. The van der Waals surface area contributed by atoms with Crippen molar-refractivity contribution in [2.45, 2.75) is 57.0 Å². The Labute approximate surface area is 120 Å². The fourth-order valence-corrected chi connectivity index (χ4v) is 3.77. The van der Waals surface area contributed by atoms with Crippen molar-refractivity contribution in [3.05, 3.63) is 29.3 Å². The number of ether oxygens (including phenoxy) is 1. The molecule has 2 unspecified atom stereocenters. The monoisotopic (exact) mass is 276 g/mol. The molecule has 4 heteroatoms. The van der Waals surface area contributed by atoms with Crippen LogP contribution < -0.4 is 10.5 Å². The molecule has 0 spiro atoms. The van der Waals surface area contributed by atoms with Crippen molar-refractivity contribution < 1.29 is 9.84 Å². The minimum atomic E-state index is -0.0992. The molecule has 1 aromatic carbocycles. The van der Waals surface area contributed by atoms with Gasteiger partial charge in [-0.1, -0.05) is 12.1 Å². The number of hydrogen-bond donors (Lipinski definition) is 2. The molecule has 0 aromatic heterocycles. The number of methoxy groups -OCH3 is 1. The third kappa shape index (κ3) is 2.55. The predicted molar refractivity (Wildman–Crippen MR) is 78.5 cm³/mol. The minimum absolute atomic E-state index is 0.0992. The summed E-state index contributed by atoms with van der Waals surface area (Å²) < 4.78 is 5.41. The lowest BCUT2D eigenvalue weighted by Crippen LogP contribution is -2.44. The molecule has 2 saturated heterocycles. The van der Waals surface area contributed by atoms with Crippen LogP contribution in [0.25, 0.3) is 0 Å². The second-order valence-electron chi connectivity index (χ2n) is 6.03. The summed E-state index contributed by atoms with van der Waals surface area (Å²) in [4.78, 5) is 2.56. The molecule has 2 fully saturated rings. The van der Waals surface area contributed by atoms with E-state index in [0.717, 1.165) is 30.7 Å². The van der Waals surface area contributed by atoms with Gasteiger partial charge in [-0.15, -0.1) is 0 Å². The number of aliphatic hydroxyl groups excluding tert-OH is 1. The number of fused-ring (bicyclic) bond motifs is 2. The van der Waals surface area contributed by atoms with Crippen LogP contribution in [-0.2, 0) is 13.1 Å². The van der Waals surface area contributed by atoms with Crippen molar-refractivity contribution in [1.29, 1.82) is 0 Å². The molecule has 0 amide bonds. The topological polar surface area (TPSA) is 58.7 Å². The van der Waals surface area contributed by atoms with Crippen molar-refractivity contribution >= 4 is 0 Å². The van der Waals surface area contributed by atoms with Crippen molar-refractivity contribution in [3.8, 4) is 5.75 Å². The highest BCUT2D eigenvalue weighted by Gasteiger charge is 2.39.